The van der Waals surface area contributed by atoms with Gasteiger partial charge >= 0.3 is 6.16 Å². The van der Waals surface area contributed by atoms with Crippen LogP contribution in [0.5, 0.6) is 0 Å². The number of carboxylic acid groups (broad SMARTS) is 1. The van der Waals surface area contributed by atoms with Crippen LogP contribution >= 0.6 is 11.8 Å². The lowest BCUT2D eigenvalue weighted by Gasteiger charge is -2.29. The van der Waals surface area contributed by atoms with Crippen LogP contribution in [0.3, 0.4) is 0 Å². The lowest BCUT2D eigenvalue weighted by Crippen LogP contribution is -2.42. The standard InChI is InChI=1S/C22H23NO3S/c1-2-23-13-7-11-18(26-21(24)25)20(23)22(23)16-9-4-3-8-15(16)14-27-19-12-6-5-10-17(19)22/h3-6,8-10,12,18,20H,2,7,11,13-14H2,1H3/p+1/t18?,20?,22-,23?/m1/s1. The maximum Gasteiger partial charge on any atom is 0.506 e. The molecule has 1 N–H and O–H groups in total. The Morgan fingerprint density at radius 1 is 1.22 bits per heavy atom. The van der Waals surface area contributed by atoms with Crippen LogP contribution in [0.2, 0.25) is 0 Å². The minimum absolute atomic E-state index is 0.161. The van der Waals surface area contributed by atoms with E-state index in [-0.39, 0.29) is 17.7 Å². The number of ether oxygens (including phenoxy) is 1. The van der Waals surface area contributed by atoms with Crippen LogP contribution in [-0.4, -0.2) is 41.0 Å². The molecule has 0 amide bonds. The second-order valence-electron chi connectivity index (χ2n) is 7.79. The second kappa shape index (κ2) is 6.01. The molecule has 4 atom stereocenters. The largest absolute Gasteiger partial charge is 0.506 e. The van der Waals surface area contributed by atoms with Crippen LogP contribution in [-0.2, 0) is 16.0 Å². The zero-order valence-corrected chi connectivity index (χ0v) is 16.2. The van der Waals surface area contributed by atoms with Gasteiger partial charge in [0.05, 0.1) is 13.1 Å². The fraction of sp³-hybridized carbons (Fsp3) is 0.409. The highest BCUT2D eigenvalue weighted by Crippen LogP contribution is 2.68. The number of hydrogen-bond donors (Lipinski definition) is 1. The third-order valence-electron chi connectivity index (χ3n) is 6.92. The first-order chi connectivity index (χ1) is 13.1. The molecule has 3 aliphatic heterocycles. The van der Waals surface area contributed by atoms with E-state index >= 15 is 0 Å². The summed E-state index contributed by atoms with van der Waals surface area (Å²) in [4.78, 5) is 12.7. The maximum absolute atomic E-state index is 11.4. The Bertz CT molecular complexity index is 866. The molecule has 140 valence electrons. The number of hydrogen-bond acceptors (Lipinski definition) is 3. The predicted octanol–water partition coefficient (Wildman–Crippen LogP) is 4.61. The molecule has 2 aromatic rings. The number of benzene rings is 2. The van der Waals surface area contributed by atoms with Gasteiger partial charge in [0.1, 0.15) is 0 Å². The number of quaternary nitrogens is 1. The summed E-state index contributed by atoms with van der Waals surface area (Å²) < 4.78 is 6.38. The van der Waals surface area contributed by atoms with E-state index in [0.29, 0.717) is 0 Å². The number of piperidine rings is 1. The Morgan fingerprint density at radius 3 is 2.74 bits per heavy atom. The van der Waals surface area contributed by atoms with Crippen LogP contribution in [0.25, 0.3) is 0 Å². The average molecular weight is 383 g/mol. The van der Waals surface area contributed by atoms with Gasteiger partial charge in [0.2, 0.25) is 5.54 Å². The lowest BCUT2D eigenvalue weighted by molar-refractivity contribution is -0.846. The highest BCUT2D eigenvalue weighted by molar-refractivity contribution is 7.98. The van der Waals surface area contributed by atoms with Crippen LogP contribution in [0.15, 0.2) is 53.4 Å². The molecular weight excluding hydrogens is 358 g/mol. The third-order valence-corrected chi connectivity index (χ3v) is 8.04. The van der Waals surface area contributed by atoms with Gasteiger partial charge in [-0.2, -0.15) is 0 Å². The normalized spacial score (nSPS) is 33.4. The van der Waals surface area contributed by atoms with Crippen molar-refractivity contribution in [2.75, 3.05) is 13.1 Å². The van der Waals surface area contributed by atoms with E-state index in [1.807, 2.05) is 11.8 Å². The number of likely N-dealkylation sites (N-methyl/N-ethyl adjacent to an activating group) is 1. The Hall–Kier alpha value is -1.98. The van der Waals surface area contributed by atoms with Crippen molar-refractivity contribution in [3.63, 3.8) is 0 Å². The zero-order valence-electron chi connectivity index (χ0n) is 15.4. The van der Waals surface area contributed by atoms with Crippen LogP contribution in [0.1, 0.15) is 36.5 Å². The first-order valence-corrected chi connectivity index (χ1v) is 10.7. The molecule has 2 saturated heterocycles. The van der Waals surface area contributed by atoms with Gasteiger partial charge in [-0.25, -0.2) is 4.79 Å². The minimum atomic E-state index is -1.15. The van der Waals surface area contributed by atoms with Gasteiger partial charge in [0.15, 0.2) is 12.1 Å². The van der Waals surface area contributed by atoms with Gasteiger partial charge < -0.3 is 9.84 Å². The van der Waals surface area contributed by atoms with Crippen LogP contribution in [0.4, 0.5) is 4.79 Å². The summed E-state index contributed by atoms with van der Waals surface area (Å²) in [6.45, 7) is 4.31. The summed E-state index contributed by atoms with van der Waals surface area (Å²) in [5, 5.41) is 9.36. The molecule has 3 heterocycles. The van der Waals surface area contributed by atoms with Crippen LogP contribution in [0, 0.1) is 0 Å². The fourth-order valence-corrected chi connectivity index (χ4v) is 7.19. The smallest absolute Gasteiger partial charge is 0.450 e. The van der Waals surface area contributed by atoms with E-state index in [1.165, 1.54) is 21.6 Å². The molecule has 27 heavy (non-hydrogen) atoms. The molecule has 0 radical (unpaired) electrons. The highest BCUT2D eigenvalue weighted by atomic mass is 32.2. The quantitative estimate of drug-likeness (QED) is 0.468. The highest BCUT2D eigenvalue weighted by Gasteiger charge is 2.84. The molecule has 0 aromatic heterocycles. The van der Waals surface area contributed by atoms with Crippen molar-refractivity contribution >= 4 is 17.9 Å². The van der Waals surface area contributed by atoms with Crippen molar-refractivity contribution < 1.29 is 19.1 Å². The Balaban J connectivity index is 1.79. The molecule has 3 unspecified atom stereocenters. The average Bonchev–Trinajstić information content (AvgIpc) is 3.35. The second-order valence-corrected chi connectivity index (χ2v) is 8.81. The first-order valence-electron chi connectivity index (χ1n) is 9.72. The van der Waals surface area contributed by atoms with Gasteiger partial charge in [0.25, 0.3) is 0 Å². The molecule has 0 saturated carbocycles. The molecule has 5 rings (SSSR count). The van der Waals surface area contributed by atoms with Crippen molar-refractivity contribution in [3.8, 4) is 0 Å². The van der Waals surface area contributed by atoms with Crippen molar-refractivity contribution in [2.24, 2.45) is 0 Å². The molecule has 5 heteroatoms. The van der Waals surface area contributed by atoms with Gasteiger partial charge in [-0.05, 0) is 25.0 Å². The van der Waals surface area contributed by atoms with Gasteiger partial charge in [-0.3, -0.25) is 4.48 Å². The molecule has 0 aliphatic carbocycles. The van der Waals surface area contributed by atoms with E-state index < -0.39 is 6.16 Å². The summed E-state index contributed by atoms with van der Waals surface area (Å²) >= 11 is 1.90. The topological polar surface area (TPSA) is 46.5 Å². The molecule has 3 aliphatic rings. The van der Waals surface area contributed by atoms with Crippen molar-refractivity contribution in [1.82, 2.24) is 0 Å². The third kappa shape index (κ3) is 2.13. The van der Waals surface area contributed by atoms with E-state index in [2.05, 4.69) is 55.5 Å². The van der Waals surface area contributed by atoms with Gasteiger partial charge in [-0.1, -0.05) is 42.5 Å². The van der Waals surface area contributed by atoms with Gasteiger partial charge in [-0.15, -0.1) is 11.8 Å². The number of thioether (sulfide) groups is 1. The molecule has 0 bridgehead atoms. The van der Waals surface area contributed by atoms with E-state index in [1.54, 1.807) is 0 Å². The summed E-state index contributed by atoms with van der Waals surface area (Å²) in [5.41, 5.74) is 3.90. The summed E-state index contributed by atoms with van der Waals surface area (Å²) in [5.74, 6) is 0.954. The molecule has 2 fully saturated rings. The number of nitrogens with zero attached hydrogens (tertiary/aromatic N) is 1. The van der Waals surface area contributed by atoms with Crippen molar-refractivity contribution in [3.05, 3.63) is 65.2 Å². The predicted molar refractivity (Wildman–Crippen MR) is 105 cm³/mol. The Morgan fingerprint density at radius 2 is 1.96 bits per heavy atom. The Labute approximate surface area is 163 Å². The summed E-state index contributed by atoms with van der Waals surface area (Å²) in [6.07, 6.45) is 0.417. The van der Waals surface area contributed by atoms with Crippen LogP contribution < -0.4 is 0 Å². The molecule has 4 nitrogen and oxygen atoms in total. The van der Waals surface area contributed by atoms with Crippen molar-refractivity contribution in [2.45, 2.75) is 48.1 Å². The minimum Gasteiger partial charge on any atom is -0.450 e. The van der Waals surface area contributed by atoms with E-state index in [0.717, 1.165) is 36.2 Å². The number of carbonyl (C=O) groups is 1. The van der Waals surface area contributed by atoms with E-state index in [9.17, 15) is 9.90 Å². The first kappa shape index (κ1) is 17.1. The van der Waals surface area contributed by atoms with E-state index in [4.69, 9.17) is 4.74 Å². The lowest BCUT2D eigenvalue weighted by atomic mass is 9.83. The monoisotopic (exact) mass is 382 g/mol. The molecular formula is C22H24NO3S+. The fourth-order valence-electron chi connectivity index (χ4n) is 6.07. The zero-order chi connectivity index (χ0) is 18.6. The summed E-state index contributed by atoms with van der Waals surface area (Å²) in [6, 6.07) is 17.6. The van der Waals surface area contributed by atoms with Gasteiger partial charge in [0, 0.05) is 28.2 Å². The molecule has 1 spiro atoms. The SMILES string of the molecule is CC[N+]12CCCC(OC(=O)O)C1[C@]21c2ccccc2CSc2ccccc21. The number of rotatable bonds is 2. The summed E-state index contributed by atoms with van der Waals surface area (Å²) in [7, 11) is 0. The number of fused-ring (bicyclic) bond motifs is 7. The van der Waals surface area contributed by atoms with Crippen molar-refractivity contribution in [1.29, 1.82) is 0 Å². The maximum atomic E-state index is 11.4. The Kier molecular flexibility index (Phi) is 3.82. The molecule has 2 aromatic carbocycles.